The monoisotopic (exact) mass is 282 g/mol. The Kier molecular flexibility index (Phi) is 3.22. The van der Waals surface area contributed by atoms with Gasteiger partial charge in [0, 0.05) is 25.2 Å². The molecule has 4 heteroatoms. The van der Waals surface area contributed by atoms with E-state index in [1.165, 1.54) is 12.1 Å². The molecule has 0 spiro atoms. The summed E-state index contributed by atoms with van der Waals surface area (Å²) in [5, 5.41) is 0.851. The molecular weight excluding hydrogens is 267 g/mol. The third-order valence-electron chi connectivity index (χ3n) is 3.67. The average Bonchev–Trinajstić information content (AvgIpc) is 2.83. The van der Waals surface area contributed by atoms with Crippen molar-refractivity contribution in [3.8, 4) is 0 Å². The minimum atomic E-state index is -0.306. The fraction of sp³-hybridized carbons (Fsp3) is 0.118. The number of hydrogen-bond donors (Lipinski definition) is 0. The molecule has 0 saturated carbocycles. The second-order valence-electron chi connectivity index (χ2n) is 4.99. The first-order valence-electron chi connectivity index (χ1n) is 6.66. The third kappa shape index (κ3) is 2.29. The first-order chi connectivity index (χ1) is 10.1. The summed E-state index contributed by atoms with van der Waals surface area (Å²) in [5.41, 5.74) is 2.06. The van der Waals surface area contributed by atoms with Crippen molar-refractivity contribution in [1.82, 2.24) is 4.57 Å². The highest BCUT2D eigenvalue weighted by Crippen LogP contribution is 2.22. The zero-order valence-corrected chi connectivity index (χ0v) is 11.9. The number of anilines is 1. The number of rotatable bonds is 2. The molecule has 3 aromatic rings. The Morgan fingerprint density at radius 3 is 2.52 bits per heavy atom. The number of halogens is 1. The average molecular weight is 282 g/mol. The summed E-state index contributed by atoms with van der Waals surface area (Å²) in [6.45, 7) is 0. The molecule has 0 aliphatic rings. The molecule has 0 unspecified atom stereocenters. The van der Waals surface area contributed by atoms with Crippen molar-refractivity contribution in [3.63, 3.8) is 0 Å². The molecule has 2 aromatic carbocycles. The maximum Gasteiger partial charge on any atom is 0.274 e. The molecule has 0 bridgehead atoms. The summed E-state index contributed by atoms with van der Waals surface area (Å²) in [6, 6.07) is 15.7. The van der Waals surface area contributed by atoms with Crippen LogP contribution in [0.2, 0.25) is 0 Å². The van der Waals surface area contributed by atoms with Crippen molar-refractivity contribution >= 4 is 22.5 Å². The number of aromatic nitrogens is 1. The highest BCUT2D eigenvalue weighted by molar-refractivity contribution is 6.07. The predicted octanol–water partition coefficient (Wildman–Crippen LogP) is 3.59. The van der Waals surface area contributed by atoms with Gasteiger partial charge >= 0.3 is 0 Å². The zero-order chi connectivity index (χ0) is 15.0. The molecule has 0 aliphatic heterocycles. The Morgan fingerprint density at radius 2 is 1.81 bits per heavy atom. The Hall–Kier alpha value is -2.62. The molecule has 0 atom stereocenters. The topological polar surface area (TPSA) is 25.2 Å². The first kappa shape index (κ1) is 13.4. The molecule has 0 saturated heterocycles. The number of amides is 1. The second-order valence-corrected chi connectivity index (χ2v) is 4.99. The Morgan fingerprint density at radius 1 is 1.10 bits per heavy atom. The zero-order valence-electron chi connectivity index (χ0n) is 11.9. The quantitative estimate of drug-likeness (QED) is 0.705. The number of benzene rings is 2. The van der Waals surface area contributed by atoms with E-state index in [-0.39, 0.29) is 11.7 Å². The molecule has 3 rings (SSSR count). The van der Waals surface area contributed by atoms with Crippen molar-refractivity contribution in [2.24, 2.45) is 7.05 Å². The minimum absolute atomic E-state index is 0.125. The lowest BCUT2D eigenvalue weighted by molar-refractivity contribution is 0.0985. The van der Waals surface area contributed by atoms with Gasteiger partial charge < -0.3 is 9.47 Å². The van der Waals surface area contributed by atoms with Crippen LogP contribution in [0.1, 0.15) is 10.5 Å². The summed E-state index contributed by atoms with van der Waals surface area (Å²) in [5.74, 6) is -0.431. The molecule has 1 aromatic heterocycles. The SMILES string of the molecule is CN(C(=O)c1cc2ccc(F)cc2n1C)c1ccccc1. The molecule has 106 valence electrons. The molecule has 1 amide bonds. The standard InChI is InChI=1S/C17H15FN2O/c1-19(14-6-4-3-5-7-14)17(21)16-10-12-8-9-13(18)11-15(12)20(16)2/h3-11H,1-2H3. The van der Waals surface area contributed by atoms with Crippen molar-refractivity contribution in [2.45, 2.75) is 0 Å². The van der Waals surface area contributed by atoms with E-state index in [2.05, 4.69) is 0 Å². The fourth-order valence-corrected chi connectivity index (χ4v) is 2.45. The number of carbonyl (C=O) groups excluding carboxylic acids is 1. The van der Waals surface area contributed by atoms with Crippen molar-refractivity contribution in [2.75, 3.05) is 11.9 Å². The Balaban J connectivity index is 2.04. The van der Waals surface area contributed by atoms with E-state index in [0.717, 1.165) is 11.1 Å². The van der Waals surface area contributed by atoms with Crippen LogP contribution >= 0.6 is 0 Å². The van der Waals surface area contributed by atoms with Crippen molar-refractivity contribution in [1.29, 1.82) is 0 Å². The highest BCUT2D eigenvalue weighted by atomic mass is 19.1. The molecule has 0 fully saturated rings. The third-order valence-corrected chi connectivity index (χ3v) is 3.67. The van der Waals surface area contributed by atoms with Gasteiger partial charge in [-0.25, -0.2) is 4.39 Å². The van der Waals surface area contributed by atoms with Gasteiger partial charge in [-0.1, -0.05) is 18.2 Å². The van der Waals surface area contributed by atoms with E-state index >= 15 is 0 Å². The van der Waals surface area contributed by atoms with E-state index in [0.29, 0.717) is 11.2 Å². The fourth-order valence-electron chi connectivity index (χ4n) is 2.45. The lowest BCUT2D eigenvalue weighted by Gasteiger charge is -2.17. The van der Waals surface area contributed by atoms with Crippen LogP contribution in [0, 0.1) is 5.82 Å². The number of aryl methyl sites for hydroxylation is 1. The molecular formula is C17H15FN2O. The summed E-state index contributed by atoms with van der Waals surface area (Å²) in [6.07, 6.45) is 0. The Labute approximate surface area is 122 Å². The van der Waals surface area contributed by atoms with Crippen LogP contribution in [0.3, 0.4) is 0 Å². The number of nitrogens with zero attached hydrogens (tertiary/aromatic N) is 2. The second kappa shape index (κ2) is 5.05. The summed E-state index contributed by atoms with van der Waals surface area (Å²) >= 11 is 0. The molecule has 3 nitrogen and oxygen atoms in total. The van der Waals surface area contributed by atoms with Crippen LogP contribution in [0.15, 0.2) is 54.6 Å². The normalized spacial score (nSPS) is 10.8. The smallest absolute Gasteiger partial charge is 0.274 e. The van der Waals surface area contributed by atoms with E-state index in [4.69, 9.17) is 0 Å². The summed E-state index contributed by atoms with van der Waals surface area (Å²) in [7, 11) is 3.50. The molecule has 0 N–H and O–H groups in total. The van der Waals surface area contributed by atoms with Gasteiger partial charge in [0.1, 0.15) is 11.5 Å². The van der Waals surface area contributed by atoms with Crippen LogP contribution in [-0.4, -0.2) is 17.5 Å². The summed E-state index contributed by atoms with van der Waals surface area (Å²) < 4.78 is 15.1. The van der Waals surface area contributed by atoms with Crippen LogP contribution in [0.4, 0.5) is 10.1 Å². The lowest BCUT2D eigenvalue weighted by Crippen LogP contribution is -2.27. The maximum absolute atomic E-state index is 13.3. The van der Waals surface area contributed by atoms with E-state index in [9.17, 15) is 9.18 Å². The van der Waals surface area contributed by atoms with Gasteiger partial charge in [-0.05, 0) is 36.4 Å². The van der Waals surface area contributed by atoms with Gasteiger partial charge in [-0.15, -0.1) is 0 Å². The molecule has 0 aliphatic carbocycles. The number of hydrogen-bond acceptors (Lipinski definition) is 1. The number of carbonyl (C=O) groups is 1. The number of fused-ring (bicyclic) bond motifs is 1. The van der Waals surface area contributed by atoms with Crippen LogP contribution < -0.4 is 4.90 Å². The minimum Gasteiger partial charge on any atom is -0.340 e. The predicted molar refractivity (Wildman–Crippen MR) is 82.1 cm³/mol. The van der Waals surface area contributed by atoms with Gasteiger partial charge in [0.2, 0.25) is 0 Å². The van der Waals surface area contributed by atoms with Crippen LogP contribution in [0.25, 0.3) is 10.9 Å². The maximum atomic E-state index is 13.3. The van der Waals surface area contributed by atoms with Gasteiger partial charge in [-0.3, -0.25) is 4.79 Å². The number of para-hydroxylation sites is 1. The van der Waals surface area contributed by atoms with Gasteiger partial charge in [0.05, 0.1) is 5.52 Å². The summed E-state index contributed by atoms with van der Waals surface area (Å²) in [4.78, 5) is 14.2. The molecule has 1 heterocycles. The highest BCUT2D eigenvalue weighted by Gasteiger charge is 2.18. The van der Waals surface area contributed by atoms with Gasteiger partial charge in [0.15, 0.2) is 0 Å². The van der Waals surface area contributed by atoms with Crippen molar-refractivity contribution < 1.29 is 9.18 Å². The van der Waals surface area contributed by atoms with Gasteiger partial charge in [0.25, 0.3) is 5.91 Å². The largest absolute Gasteiger partial charge is 0.340 e. The molecule has 21 heavy (non-hydrogen) atoms. The van der Waals surface area contributed by atoms with E-state index < -0.39 is 0 Å². The Bertz CT molecular complexity index is 808. The molecule has 0 radical (unpaired) electrons. The van der Waals surface area contributed by atoms with E-state index in [1.807, 2.05) is 30.3 Å². The van der Waals surface area contributed by atoms with Crippen LogP contribution in [-0.2, 0) is 7.05 Å². The lowest BCUT2D eigenvalue weighted by atomic mass is 10.2. The van der Waals surface area contributed by atoms with Gasteiger partial charge in [-0.2, -0.15) is 0 Å². The van der Waals surface area contributed by atoms with Crippen LogP contribution in [0.5, 0.6) is 0 Å². The van der Waals surface area contributed by atoms with Crippen molar-refractivity contribution in [3.05, 3.63) is 66.1 Å². The first-order valence-corrected chi connectivity index (χ1v) is 6.66. The van der Waals surface area contributed by atoms with E-state index in [1.54, 1.807) is 35.7 Å².